The molecule has 0 fully saturated rings. The number of nitrogens with zero attached hydrogens (tertiary/aromatic N) is 2. The minimum absolute atomic E-state index is 0.537. The molecule has 2 rings (SSSR count). The van der Waals surface area contributed by atoms with Crippen LogP contribution in [0.4, 0.5) is 13.2 Å². The van der Waals surface area contributed by atoms with Crippen LogP contribution < -0.4 is 4.57 Å². The van der Waals surface area contributed by atoms with Gasteiger partial charge in [-0.2, -0.15) is 17.7 Å². The smallest absolute Gasteiger partial charge is 0.245 e. The van der Waals surface area contributed by atoms with Gasteiger partial charge in [0.2, 0.25) is 5.52 Å². The van der Waals surface area contributed by atoms with Crippen molar-refractivity contribution in [2.75, 3.05) is 0 Å². The molecule has 0 atom stereocenters. The predicted molar refractivity (Wildman–Crippen MR) is 52.7 cm³/mol. The molecule has 0 aromatic carbocycles. The summed E-state index contributed by atoms with van der Waals surface area (Å²) in [7, 11) is 1.80. The van der Waals surface area contributed by atoms with E-state index in [9.17, 15) is 13.2 Å². The maximum Gasteiger partial charge on any atom is 0.433 e. The Kier molecular flexibility index (Phi) is 2.33. The largest absolute Gasteiger partial charge is 0.433 e. The molecule has 0 spiro atoms. The molecule has 0 N–H and O–H groups in total. The lowest BCUT2D eigenvalue weighted by atomic mass is 10.2. The molecule has 0 aliphatic rings. The fraction of sp³-hybridized carbons (Fsp3) is 0.273. The zero-order chi connectivity index (χ0) is 11.9. The fourth-order valence-corrected chi connectivity index (χ4v) is 1.54. The van der Waals surface area contributed by atoms with E-state index < -0.39 is 11.9 Å². The average molecular weight is 227 g/mol. The third-order valence-electron chi connectivity index (χ3n) is 2.60. The van der Waals surface area contributed by atoms with Crippen LogP contribution in [0.25, 0.3) is 10.9 Å². The Morgan fingerprint density at radius 2 is 1.94 bits per heavy atom. The lowest BCUT2D eigenvalue weighted by molar-refractivity contribution is -0.651. The van der Waals surface area contributed by atoms with Crippen molar-refractivity contribution < 1.29 is 17.7 Å². The molecule has 0 aliphatic heterocycles. The Morgan fingerprint density at radius 1 is 1.25 bits per heavy atom. The molecule has 0 amide bonds. The summed E-state index contributed by atoms with van der Waals surface area (Å²) in [6, 6.07) is 4.51. The fourth-order valence-electron chi connectivity index (χ4n) is 1.54. The molecule has 16 heavy (non-hydrogen) atoms. The van der Waals surface area contributed by atoms with Crippen LogP contribution in [-0.2, 0) is 13.2 Å². The number of hydrogen-bond acceptors (Lipinski definition) is 1. The lowest BCUT2D eigenvalue weighted by Gasteiger charge is -2.06. The van der Waals surface area contributed by atoms with Gasteiger partial charge in [-0.15, -0.1) is 0 Å². The minimum Gasteiger partial charge on any atom is -0.245 e. The first-order valence-electron chi connectivity index (χ1n) is 4.72. The van der Waals surface area contributed by atoms with Crippen LogP contribution in [0.2, 0.25) is 0 Å². The van der Waals surface area contributed by atoms with Gasteiger partial charge < -0.3 is 0 Å². The third-order valence-corrected chi connectivity index (χ3v) is 2.60. The van der Waals surface area contributed by atoms with Gasteiger partial charge in [0.05, 0.1) is 11.6 Å². The highest BCUT2D eigenvalue weighted by molar-refractivity contribution is 5.75. The summed E-state index contributed by atoms with van der Waals surface area (Å²) in [6.45, 7) is 1.89. The van der Waals surface area contributed by atoms with Gasteiger partial charge >= 0.3 is 6.18 Å². The summed E-state index contributed by atoms with van der Waals surface area (Å²) in [6.07, 6.45) is -3.14. The Labute approximate surface area is 90.4 Å². The summed E-state index contributed by atoms with van der Waals surface area (Å²) in [5.41, 5.74) is 0.797. The van der Waals surface area contributed by atoms with Crippen LogP contribution in [0, 0.1) is 6.92 Å². The van der Waals surface area contributed by atoms with E-state index >= 15 is 0 Å². The number of hydrogen-bond donors (Lipinski definition) is 0. The molecule has 0 bridgehead atoms. The van der Waals surface area contributed by atoms with Gasteiger partial charge in [0.15, 0.2) is 5.69 Å². The molecular weight excluding hydrogens is 217 g/mol. The Morgan fingerprint density at radius 3 is 2.56 bits per heavy atom. The number of rotatable bonds is 0. The van der Waals surface area contributed by atoms with Crippen molar-refractivity contribution in [1.29, 1.82) is 0 Å². The van der Waals surface area contributed by atoms with Crippen LogP contribution in [-0.4, -0.2) is 4.98 Å². The Hall–Kier alpha value is -1.65. The molecule has 2 aromatic heterocycles. The second-order valence-electron chi connectivity index (χ2n) is 3.66. The summed E-state index contributed by atoms with van der Waals surface area (Å²) in [5, 5.41) is 0.537. The Balaban J connectivity index is 2.70. The van der Waals surface area contributed by atoms with E-state index in [-0.39, 0.29) is 0 Å². The van der Waals surface area contributed by atoms with Crippen LogP contribution >= 0.6 is 0 Å². The molecule has 0 saturated heterocycles. The number of fused-ring (bicyclic) bond motifs is 1. The number of pyridine rings is 2. The molecule has 84 valence electrons. The Bertz CT molecular complexity index is 547. The van der Waals surface area contributed by atoms with E-state index in [4.69, 9.17) is 0 Å². The zero-order valence-corrected chi connectivity index (χ0v) is 8.84. The van der Waals surface area contributed by atoms with Gasteiger partial charge in [0, 0.05) is 13.0 Å². The second-order valence-corrected chi connectivity index (χ2v) is 3.66. The monoisotopic (exact) mass is 227 g/mol. The maximum absolute atomic E-state index is 12.4. The standard InChI is InChI=1S/C11H10F3N2/c1-7-3-4-8-5-10(11(12,13)14)15-6-9(8)16(7)2/h3-6H,1-2H3/q+1. The molecule has 0 saturated carbocycles. The summed E-state index contributed by atoms with van der Waals surface area (Å²) < 4.78 is 39.1. The first-order chi connectivity index (χ1) is 7.39. The minimum atomic E-state index is -4.39. The van der Waals surface area contributed by atoms with Crippen LogP contribution in [0.3, 0.4) is 0 Å². The normalized spacial score (nSPS) is 12.1. The SMILES string of the molecule is Cc1ccc2cc(C(F)(F)F)ncc2[n+]1C. The quantitative estimate of drug-likeness (QED) is 0.631. The molecule has 0 unspecified atom stereocenters. The maximum atomic E-state index is 12.4. The van der Waals surface area contributed by atoms with E-state index in [1.54, 1.807) is 19.2 Å². The van der Waals surface area contributed by atoms with Gasteiger partial charge in [-0.3, -0.25) is 0 Å². The summed E-state index contributed by atoms with van der Waals surface area (Å²) in [4.78, 5) is 3.43. The highest BCUT2D eigenvalue weighted by atomic mass is 19.4. The van der Waals surface area contributed by atoms with Crippen LogP contribution in [0.15, 0.2) is 24.4 Å². The number of halogens is 3. The van der Waals surface area contributed by atoms with E-state index in [0.717, 1.165) is 11.8 Å². The van der Waals surface area contributed by atoms with E-state index in [1.807, 2.05) is 11.5 Å². The third kappa shape index (κ3) is 1.73. The second kappa shape index (κ2) is 3.43. The van der Waals surface area contributed by atoms with Crippen molar-refractivity contribution in [3.63, 3.8) is 0 Å². The van der Waals surface area contributed by atoms with Crippen LogP contribution in [0.1, 0.15) is 11.4 Å². The highest BCUT2D eigenvalue weighted by Gasteiger charge is 2.33. The molecule has 0 aliphatic carbocycles. The number of alkyl halides is 3. The van der Waals surface area contributed by atoms with Crippen LogP contribution in [0.5, 0.6) is 0 Å². The van der Waals surface area contributed by atoms with Gasteiger partial charge in [-0.1, -0.05) is 0 Å². The van der Waals surface area contributed by atoms with Gasteiger partial charge in [-0.05, 0) is 12.1 Å². The first kappa shape index (κ1) is 10.9. The van der Waals surface area contributed by atoms with Gasteiger partial charge in [0.25, 0.3) is 0 Å². The van der Waals surface area contributed by atoms with E-state index in [1.165, 1.54) is 6.20 Å². The number of aromatic nitrogens is 2. The van der Waals surface area contributed by atoms with Crippen molar-refractivity contribution in [3.8, 4) is 0 Å². The van der Waals surface area contributed by atoms with E-state index in [0.29, 0.717) is 10.9 Å². The van der Waals surface area contributed by atoms with E-state index in [2.05, 4.69) is 4.98 Å². The molecular formula is C11H10F3N2+. The van der Waals surface area contributed by atoms with Gasteiger partial charge in [0.1, 0.15) is 12.7 Å². The van der Waals surface area contributed by atoms with Crippen molar-refractivity contribution in [2.45, 2.75) is 13.1 Å². The highest BCUT2D eigenvalue weighted by Crippen LogP contribution is 2.28. The van der Waals surface area contributed by atoms with Crippen molar-refractivity contribution >= 4 is 10.9 Å². The summed E-state index contributed by atoms with van der Waals surface area (Å²) >= 11 is 0. The molecule has 0 radical (unpaired) electrons. The first-order valence-corrected chi connectivity index (χ1v) is 4.72. The summed E-state index contributed by atoms with van der Waals surface area (Å²) in [5.74, 6) is 0. The molecule has 2 aromatic rings. The van der Waals surface area contributed by atoms with Crippen molar-refractivity contribution in [3.05, 3.63) is 35.8 Å². The topological polar surface area (TPSA) is 16.8 Å². The van der Waals surface area contributed by atoms with Crippen molar-refractivity contribution in [2.24, 2.45) is 7.05 Å². The van der Waals surface area contributed by atoms with Gasteiger partial charge in [-0.25, -0.2) is 4.98 Å². The zero-order valence-electron chi connectivity index (χ0n) is 8.84. The number of aryl methyl sites for hydroxylation is 2. The van der Waals surface area contributed by atoms with Crippen molar-refractivity contribution in [1.82, 2.24) is 4.98 Å². The molecule has 2 heterocycles. The lowest BCUT2D eigenvalue weighted by Crippen LogP contribution is -2.32. The molecule has 5 heteroatoms. The molecule has 2 nitrogen and oxygen atoms in total. The average Bonchev–Trinajstić information content (AvgIpc) is 2.22. The predicted octanol–water partition coefficient (Wildman–Crippen LogP) is 2.39.